The molecule has 1 aliphatic rings. The van der Waals surface area contributed by atoms with Crippen LogP contribution in [0.25, 0.3) is 0 Å². The van der Waals surface area contributed by atoms with Gasteiger partial charge in [-0.25, -0.2) is 0 Å². The van der Waals surface area contributed by atoms with E-state index < -0.39 is 0 Å². The van der Waals surface area contributed by atoms with E-state index in [0.29, 0.717) is 0 Å². The lowest BCUT2D eigenvalue weighted by Gasteiger charge is -2.33. The van der Waals surface area contributed by atoms with Gasteiger partial charge in [0.1, 0.15) is 5.75 Å². The minimum Gasteiger partial charge on any atom is -0.496 e. The Kier molecular flexibility index (Phi) is 4.10. The highest BCUT2D eigenvalue weighted by Crippen LogP contribution is 2.31. The Balaban J connectivity index is 2.10. The molecule has 1 aromatic rings. The second kappa shape index (κ2) is 5.40. The number of rotatable bonds is 3. The normalized spacial score (nSPS) is 19.0. The fourth-order valence-corrected chi connectivity index (χ4v) is 3.25. The highest BCUT2D eigenvalue weighted by molar-refractivity contribution is 9.10. The zero-order valence-corrected chi connectivity index (χ0v) is 11.9. The maximum atomic E-state index is 6.47. The van der Waals surface area contributed by atoms with Gasteiger partial charge in [0.05, 0.1) is 11.6 Å². The van der Waals surface area contributed by atoms with Crippen LogP contribution in [-0.2, 0) is 6.42 Å². The first-order valence-corrected chi connectivity index (χ1v) is 7.04. The van der Waals surface area contributed by atoms with Crippen LogP contribution in [0, 0.1) is 0 Å². The van der Waals surface area contributed by atoms with Gasteiger partial charge in [-0.3, -0.25) is 0 Å². The van der Waals surface area contributed by atoms with Crippen LogP contribution < -0.4 is 10.5 Å². The third kappa shape index (κ3) is 3.23. The summed E-state index contributed by atoms with van der Waals surface area (Å²) in [5.74, 6) is 0.878. The highest BCUT2D eigenvalue weighted by atomic mass is 79.9. The Morgan fingerprint density at radius 1 is 1.29 bits per heavy atom. The number of halogens is 1. The van der Waals surface area contributed by atoms with Crippen LogP contribution in [0.3, 0.4) is 0 Å². The molecule has 0 saturated heterocycles. The van der Waals surface area contributed by atoms with Crippen molar-refractivity contribution in [2.24, 2.45) is 5.73 Å². The SMILES string of the molecule is COc1ccc(CC2(N)CCCCC2)cc1Br. The van der Waals surface area contributed by atoms with Crippen LogP contribution in [0.2, 0.25) is 0 Å². The summed E-state index contributed by atoms with van der Waals surface area (Å²) in [6.07, 6.45) is 7.15. The monoisotopic (exact) mass is 297 g/mol. The molecule has 1 aliphatic carbocycles. The van der Waals surface area contributed by atoms with E-state index in [1.165, 1.54) is 24.8 Å². The van der Waals surface area contributed by atoms with Crippen LogP contribution in [-0.4, -0.2) is 12.6 Å². The van der Waals surface area contributed by atoms with Gasteiger partial charge in [-0.2, -0.15) is 0 Å². The molecule has 0 aliphatic heterocycles. The molecule has 0 unspecified atom stereocenters. The van der Waals surface area contributed by atoms with Gasteiger partial charge in [0.25, 0.3) is 0 Å². The molecule has 0 amide bonds. The van der Waals surface area contributed by atoms with Crippen molar-refractivity contribution in [3.8, 4) is 5.75 Å². The topological polar surface area (TPSA) is 35.2 Å². The van der Waals surface area contributed by atoms with Crippen LogP contribution >= 0.6 is 15.9 Å². The molecule has 0 spiro atoms. The summed E-state index contributed by atoms with van der Waals surface area (Å²) in [7, 11) is 1.69. The number of methoxy groups -OCH3 is 1. The van der Waals surface area contributed by atoms with Gasteiger partial charge in [0.15, 0.2) is 0 Å². The molecule has 1 aromatic carbocycles. The molecule has 0 heterocycles. The fraction of sp³-hybridized carbons (Fsp3) is 0.571. The first-order valence-electron chi connectivity index (χ1n) is 6.24. The third-order valence-electron chi connectivity index (χ3n) is 3.62. The van der Waals surface area contributed by atoms with Gasteiger partial charge in [-0.15, -0.1) is 0 Å². The predicted molar refractivity (Wildman–Crippen MR) is 74.4 cm³/mol. The number of nitrogens with two attached hydrogens (primary N) is 1. The van der Waals surface area contributed by atoms with Gasteiger partial charge >= 0.3 is 0 Å². The summed E-state index contributed by atoms with van der Waals surface area (Å²) in [6.45, 7) is 0. The Hall–Kier alpha value is -0.540. The van der Waals surface area contributed by atoms with E-state index in [1.807, 2.05) is 6.07 Å². The lowest BCUT2D eigenvalue weighted by Crippen LogP contribution is -2.43. The average Bonchev–Trinajstić information content (AvgIpc) is 2.29. The van der Waals surface area contributed by atoms with E-state index in [-0.39, 0.29) is 5.54 Å². The maximum Gasteiger partial charge on any atom is 0.133 e. The number of hydrogen-bond acceptors (Lipinski definition) is 2. The molecule has 0 aromatic heterocycles. The van der Waals surface area contributed by atoms with Crippen molar-refractivity contribution in [1.29, 1.82) is 0 Å². The fourth-order valence-electron chi connectivity index (χ4n) is 2.66. The van der Waals surface area contributed by atoms with Gasteiger partial charge in [-0.1, -0.05) is 25.3 Å². The average molecular weight is 298 g/mol. The molecule has 94 valence electrons. The minimum atomic E-state index is 0.00623. The molecule has 2 N–H and O–H groups in total. The first kappa shape index (κ1) is 12.9. The van der Waals surface area contributed by atoms with E-state index in [1.54, 1.807) is 7.11 Å². The summed E-state index contributed by atoms with van der Waals surface area (Å²) in [5, 5.41) is 0. The van der Waals surface area contributed by atoms with Gasteiger partial charge in [-0.05, 0) is 52.9 Å². The zero-order chi connectivity index (χ0) is 12.3. The van der Waals surface area contributed by atoms with Crippen molar-refractivity contribution < 1.29 is 4.74 Å². The molecule has 0 bridgehead atoms. The standard InChI is InChI=1S/C14H20BrNO/c1-17-13-6-5-11(9-12(13)15)10-14(16)7-3-2-4-8-14/h5-6,9H,2-4,7-8,10,16H2,1H3. The summed E-state index contributed by atoms with van der Waals surface area (Å²) in [6, 6.07) is 6.25. The summed E-state index contributed by atoms with van der Waals surface area (Å²) < 4.78 is 6.25. The highest BCUT2D eigenvalue weighted by Gasteiger charge is 2.27. The summed E-state index contributed by atoms with van der Waals surface area (Å²) in [4.78, 5) is 0. The lowest BCUT2D eigenvalue weighted by molar-refractivity contribution is 0.294. The van der Waals surface area contributed by atoms with Crippen LogP contribution in [0.1, 0.15) is 37.7 Å². The first-order chi connectivity index (χ1) is 8.13. The van der Waals surface area contributed by atoms with Crippen molar-refractivity contribution in [2.45, 2.75) is 44.1 Å². The van der Waals surface area contributed by atoms with E-state index in [9.17, 15) is 0 Å². The number of benzene rings is 1. The Morgan fingerprint density at radius 3 is 2.59 bits per heavy atom. The zero-order valence-electron chi connectivity index (χ0n) is 10.3. The van der Waals surface area contributed by atoms with Crippen LogP contribution in [0.15, 0.2) is 22.7 Å². The van der Waals surface area contributed by atoms with E-state index in [2.05, 4.69) is 28.1 Å². The smallest absolute Gasteiger partial charge is 0.133 e. The molecular weight excluding hydrogens is 278 g/mol. The molecule has 0 radical (unpaired) electrons. The van der Waals surface area contributed by atoms with Gasteiger partial charge in [0, 0.05) is 5.54 Å². The second-order valence-electron chi connectivity index (χ2n) is 5.07. The number of hydrogen-bond donors (Lipinski definition) is 1. The van der Waals surface area contributed by atoms with Crippen molar-refractivity contribution in [2.75, 3.05) is 7.11 Å². The van der Waals surface area contributed by atoms with Crippen molar-refractivity contribution in [3.63, 3.8) is 0 Å². The molecule has 2 nitrogen and oxygen atoms in total. The largest absolute Gasteiger partial charge is 0.496 e. The molecule has 17 heavy (non-hydrogen) atoms. The van der Waals surface area contributed by atoms with Crippen molar-refractivity contribution >= 4 is 15.9 Å². The lowest BCUT2D eigenvalue weighted by atomic mass is 9.78. The van der Waals surface area contributed by atoms with Crippen LogP contribution in [0.4, 0.5) is 0 Å². The van der Waals surface area contributed by atoms with E-state index in [0.717, 1.165) is 29.5 Å². The molecule has 1 saturated carbocycles. The predicted octanol–water partition coefficient (Wildman–Crippen LogP) is 3.66. The molecule has 3 heteroatoms. The maximum absolute atomic E-state index is 6.47. The van der Waals surface area contributed by atoms with Crippen LogP contribution in [0.5, 0.6) is 5.75 Å². The summed E-state index contributed by atoms with van der Waals surface area (Å²) in [5.41, 5.74) is 7.76. The summed E-state index contributed by atoms with van der Waals surface area (Å²) >= 11 is 3.52. The van der Waals surface area contributed by atoms with E-state index in [4.69, 9.17) is 10.5 Å². The van der Waals surface area contributed by atoms with Crippen molar-refractivity contribution in [1.82, 2.24) is 0 Å². The Bertz CT molecular complexity index is 386. The molecule has 2 rings (SSSR count). The van der Waals surface area contributed by atoms with Crippen molar-refractivity contribution in [3.05, 3.63) is 28.2 Å². The Labute approximate surface area is 112 Å². The second-order valence-corrected chi connectivity index (χ2v) is 5.92. The van der Waals surface area contributed by atoms with Gasteiger partial charge < -0.3 is 10.5 Å². The molecule has 1 fully saturated rings. The minimum absolute atomic E-state index is 0.00623. The number of ether oxygens (including phenoxy) is 1. The Morgan fingerprint density at radius 2 is 2.00 bits per heavy atom. The third-order valence-corrected chi connectivity index (χ3v) is 4.24. The quantitative estimate of drug-likeness (QED) is 0.924. The van der Waals surface area contributed by atoms with E-state index >= 15 is 0 Å². The van der Waals surface area contributed by atoms with Gasteiger partial charge in [0.2, 0.25) is 0 Å². The molecule has 0 atom stereocenters. The molecular formula is C14H20BrNO.